The molecule has 1 saturated heterocycles. The molecule has 1 heterocycles. The molecule has 4 rings (SSSR count). The van der Waals surface area contributed by atoms with E-state index in [-0.39, 0.29) is 13.3 Å². The summed E-state index contributed by atoms with van der Waals surface area (Å²) in [4.78, 5) is 14.7. The predicted octanol–water partition coefficient (Wildman–Crippen LogP) is 5.28. The Morgan fingerprint density at radius 2 is 1.38 bits per heavy atom. The first-order valence-corrected chi connectivity index (χ1v) is 10.6. The number of hydrogen-bond donors (Lipinski definition) is 1. The van der Waals surface area contributed by atoms with Crippen LogP contribution in [0.1, 0.15) is 57.1 Å². The molecule has 1 N–H and O–H groups in total. The minimum atomic E-state index is 0. The van der Waals surface area contributed by atoms with Crippen molar-refractivity contribution in [2.45, 2.75) is 52.0 Å². The molecule has 3 heteroatoms. The van der Waals surface area contributed by atoms with E-state index in [0.717, 1.165) is 38.8 Å². The zero-order chi connectivity index (χ0) is 19.2. The van der Waals surface area contributed by atoms with Gasteiger partial charge in [-0.3, -0.25) is 9.69 Å². The summed E-state index contributed by atoms with van der Waals surface area (Å²) in [5.74, 6) is 0.200. The van der Waals surface area contributed by atoms with Gasteiger partial charge >= 0.3 is 0 Å². The van der Waals surface area contributed by atoms with Gasteiger partial charge in [-0.2, -0.15) is 0 Å². The molecule has 154 valence electrons. The van der Waals surface area contributed by atoms with E-state index >= 15 is 0 Å². The topological polar surface area (TPSA) is 32.3 Å². The number of nitrogens with one attached hydrogen (secondary N) is 1. The van der Waals surface area contributed by atoms with Gasteiger partial charge in [-0.25, -0.2) is 0 Å². The van der Waals surface area contributed by atoms with Gasteiger partial charge in [0.15, 0.2) is 0 Å². The molecule has 2 aromatic rings. The number of carbonyl (C=O) groups is 1. The molecule has 0 unspecified atom stereocenters. The minimum absolute atomic E-state index is 0. The van der Waals surface area contributed by atoms with Crippen molar-refractivity contribution in [3.63, 3.8) is 0 Å². The first kappa shape index (κ1) is 21.3. The third-order valence-corrected chi connectivity index (χ3v) is 6.03. The zero-order valence-corrected chi connectivity index (χ0v) is 16.6. The van der Waals surface area contributed by atoms with Crippen LogP contribution >= 0.6 is 0 Å². The van der Waals surface area contributed by atoms with Crippen molar-refractivity contribution < 1.29 is 4.79 Å². The summed E-state index contributed by atoms with van der Waals surface area (Å²) < 4.78 is 0. The van der Waals surface area contributed by atoms with Crippen LogP contribution in [0.15, 0.2) is 66.2 Å². The first-order chi connectivity index (χ1) is 13.8. The molecular formula is C26H34N2O. The molecule has 1 amide bonds. The van der Waals surface area contributed by atoms with Gasteiger partial charge in [0.1, 0.15) is 0 Å². The molecule has 2 aliphatic rings. The van der Waals surface area contributed by atoms with Crippen LogP contribution in [0.2, 0.25) is 0 Å². The molecule has 0 radical (unpaired) electrons. The normalized spacial score (nSPS) is 17.6. The first-order valence-electron chi connectivity index (χ1n) is 10.6. The number of benzene rings is 2. The maximum Gasteiger partial charge on any atom is 0.234 e. The van der Waals surface area contributed by atoms with Crippen molar-refractivity contribution >= 4 is 11.5 Å². The van der Waals surface area contributed by atoms with Crippen molar-refractivity contribution in [3.05, 3.63) is 77.4 Å². The van der Waals surface area contributed by atoms with E-state index in [1.807, 2.05) is 0 Å². The fourth-order valence-electron chi connectivity index (χ4n) is 4.56. The lowest BCUT2D eigenvalue weighted by Gasteiger charge is -2.30. The Balaban J connectivity index is 0.00000240. The van der Waals surface area contributed by atoms with Crippen molar-refractivity contribution in [2.24, 2.45) is 0 Å². The lowest BCUT2D eigenvalue weighted by Crippen LogP contribution is -2.43. The predicted molar refractivity (Wildman–Crippen MR) is 122 cm³/mol. The summed E-state index contributed by atoms with van der Waals surface area (Å²) in [6.45, 7) is 2.45. The van der Waals surface area contributed by atoms with Crippen molar-refractivity contribution in [1.29, 1.82) is 0 Å². The fraction of sp³-hybridized carbons (Fsp3) is 0.423. The lowest BCUT2D eigenvalue weighted by atomic mass is 9.88. The van der Waals surface area contributed by atoms with Crippen LogP contribution in [0.3, 0.4) is 0 Å². The number of piperidine rings is 1. The Morgan fingerprint density at radius 1 is 0.862 bits per heavy atom. The third-order valence-electron chi connectivity index (χ3n) is 6.03. The lowest BCUT2D eigenvalue weighted by molar-refractivity contribution is -0.123. The molecule has 1 aliphatic heterocycles. The number of hydrogen-bond acceptors (Lipinski definition) is 2. The number of nitrogens with zero attached hydrogens (tertiary/aromatic N) is 1. The van der Waals surface area contributed by atoms with E-state index in [4.69, 9.17) is 0 Å². The number of likely N-dealkylation sites (tertiary alicyclic amines) is 1. The summed E-state index contributed by atoms with van der Waals surface area (Å²) in [6, 6.07) is 21.8. The highest BCUT2D eigenvalue weighted by molar-refractivity contribution is 5.82. The quantitative estimate of drug-likeness (QED) is 0.753. The molecule has 3 nitrogen and oxygen atoms in total. The van der Waals surface area contributed by atoms with Crippen LogP contribution in [0, 0.1) is 0 Å². The van der Waals surface area contributed by atoms with Crippen molar-refractivity contribution in [1.82, 2.24) is 10.2 Å². The monoisotopic (exact) mass is 390 g/mol. The molecule has 2 aromatic carbocycles. The number of carbonyl (C=O) groups excluding carboxylic acids is 1. The van der Waals surface area contributed by atoms with Crippen molar-refractivity contribution in [3.8, 4) is 0 Å². The summed E-state index contributed by atoms with van der Waals surface area (Å²) in [5, 5.41) is 3.22. The summed E-state index contributed by atoms with van der Waals surface area (Å²) in [5.41, 5.74) is 5.45. The average Bonchev–Trinajstić information content (AvgIpc) is 3.24. The van der Waals surface area contributed by atoms with E-state index in [2.05, 4.69) is 70.9 Å². The zero-order valence-electron chi connectivity index (χ0n) is 16.6. The highest BCUT2D eigenvalue weighted by Crippen LogP contribution is 2.32. The van der Waals surface area contributed by atoms with Crippen molar-refractivity contribution in [2.75, 3.05) is 19.6 Å². The van der Waals surface area contributed by atoms with E-state index in [9.17, 15) is 4.79 Å². The van der Waals surface area contributed by atoms with Crippen LogP contribution in [0.5, 0.6) is 0 Å². The van der Waals surface area contributed by atoms with Crippen LogP contribution in [0.4, 0.5) is 0 Å². The Labute approximate surface area is 175 Å². The van der Waals surface area contributed by atoms with Gasteiger partial charge in [-0.05, 0) is 42.4 Å². The van der Waals surface area contributed by atoms with Gasteiger partial charge < -0.3 is 5.32 Å². The van der Waals surface area contributed by atoms with Gasteiger partial charge in [0.25, 0.3) is 0 Å². The molecular weight excluding hydrogens is 356 g/mol. The van der Waals surface area contributed by atoms with Gasteiger partial charge in [0.2, 0.25) is 5.91 Å². The van der Waals surface area contributed by atoms with Gasteiger partial charge in [-0.1, -0.05) is 86.5 Å². The van der Waals surface area contributed by atoms with Crippen LogP contribution in [0.25, 0.3) is 5.57 Å². The summed E-state index contributed by atoms with van der Waals surface area (Å²) in [6.07, 6.45) is 6.85. The second kappa shape index (κ2) is 10.4. The summed E-state index contributed by atoms with van der Waals surface area (Å²) >= 11 is 0. The van der Waals surface area contributed by atoms with Crippen LogP contribution in [-0.2, 0) is 4.79 Å². The Morgan fingerprint density at radius 3 is 1.90 bits per heavy atom. The Kier molecular flexibility index (Phi) is 7.65. The van der Waals surface area contributed by atoms with E-state index < -0.39 is 0 Å². The molecule has 0 spiro atoms. The average molecular weight is 391 g/mol. The summed E-state index contributed by atoms with van der Waals surface area (Å²) in [7, 11) is 0. The molecule has 1 saturated carbocycles. The standard InChI is InChI=1S/C25H30N2O.CH4/c28-24(26-23-13-7-8-14-23)19-27-17-15-22(16-18-27)25(20-9-3-1-4-10-20)21-11-5-2-6-12-21;/h1-6,9-12,23H,7-8,13-19H2,(H,26,28);1H4. The van der Waals surface area contributed by atoms with E-state index in [1.54, 1.807) is 0 Å². The molecule has 0 bridgehead atoms. The second-order valence-corrected chi connectivity index (χ2v) is 8.04. The SMILES string of the molecule is C.O=C(CN1CCC(=C(c2ccccc2)c2ccccc2)CC1)NC1CCCC1. The van der Waals surface area contributed by atoms with Crippen LogP contribution in [-0.4, -0.2) is 36.5 Å². The highest BCUT2D eigenvalue weighted by Gasteiger charge is 2.22. The molecule has 0 aromatic heterocycles. The molecule has 0 atom stereocenters. The van der Waals surface area contributed by atoms with Crippen LogP contribution < -0.4 is 5.32 Å². The molecule has 2 fully saturated rings. The number of rotatable bonds is 5. The number of amides is 1. The Hall–Kier alpha value is -2.39. The van der Waals surface area contributed by atoms with Gasteiger partial charge in [-0.15, -0.1) is 0 Å². The smallest absolute Gasteiger partial charge is 0.234 e. The maximum atomic E-state index is 12.4. The molecule has 1 aliphatic carbocycles. The van der Waals surface area contributed by atoms with E-state index in [0.29, 0.717) is 12.6 Å². The highest BCUT2D eigenvalue weighted by atomic mass is 16.2. The Bertz CT molecular complexity index is 756. The van der Waals surface area contributed by atoms with Gasteiger partial charge in [0, 0.05) is 19.1 Å². The van der Waals surface area contributed by atoms with E-state index in [1.165, 1.54) is 35.1 Å². The largest absolute Gasteiger partial charge is 0.352 e. The molecule has 29 heavy (non-hydrogen) atoms. The third kappa shape index (κ3) is 5.57. The maximum absolute atomic E-state index is 12.4. The fourth-order valence-corrected chi connectivity index (χ4v) is 4.56. The second-order valence-electron chi connectivity index (χ2n) is 8.04. The minimum Gasteiger partial charge on any atom is -0.352 e. The van der Waals surface area contributed by atoms with Gasteiger partial charge in [0.05, 0.1) is 6.54 Å².